The highest BCUT2D eigenvalue weighted by molar-refractivity contribution is 4.78. The van der Waals surface area contributed by atoms with Crippen molar-refractivity contribution in [2.24, 2.45) is 11.8 Å². The molecule has 0 unspecified atom stereocenters. The number of rotatable bonds is 8. The Balaban J connectivity index is 2.24. The monoisotopic (exact) mass is 268 g/mol. The predicted molar refractivity (Wildman–Crippen MR) is 85.6 cm³/mol. The number of hydrogen-bond donors (Lipinski definition) is 0. The molecule has 1 aliphatic carbocycles. The van der Waals surface area contributed by atoms with Gasteiger partial charge in [0.25, 0.3) is 0 Å². The zero-order valence-corrected chi connectivity index (χ0v) is 14.0. The minimum Gasteiger partial charge on any atom is -0.305 e. The van der Waals surface area contributed by atoms with Crippen LogP contribution in [0.25, 0.3) is 0 Å². The van der Waals surface area contributed by atoms with E-state index in [-0.39, 0.29) is 0 Å². The summed E-state index contributed by atoms with van der Waals surface area (Å²) in [5.74, 6) is 1.79. The second-order valence-corrected chi connectivity index (χ2v) is 7.03. The Morgan fingerprint density at radius 3 is 2.16 bits per heavy atom. The van der Waals surface area contributed by atoms with Crippen LogP contribution in [0, 0.1) is 11.8 Å². The summed E-state index contributed by atoms with van der Waals surface area (Å²) in [5, 5.41) is 0. The summed E-state index contributed by atoms with van der Waals surface area (Å²) in [6.45, 7) is 14.3. The van der Waals surface area contributed by atoms with E-state index in [4.69, 9.17) is 0 Å². The maximum absolute atomic E-state index is 2.72. The van der Waals surface area contributed by atoms with Gasteiger partial charge in [-0.25, -0.2) is 0 Å². The topological polar surface area (TPSA) is 6.48 Å². The molecule has 0 atom stereocenters. The number of hydrogen-bond acceptors (Lipinski definition) is 2. The highest BCUT2D eigenvalue weighted by Gasteiger charge is 2.22. The van der Waals surface area contributed by atoms with Crippen LogP contribution in [0.3, 0.4) is 0 Å². The van der Waals surface area contributed by atoms with E-state index in [1.54, 1.807) is 0 Å². The first-order valence-corrected chi connectivity index (χ1v) is 8.45. The molecule has 1 fully saturated rings. The molecule has 0 radical (unpaired) electrons. The molecule has 1 aliphatic rings. The highest BCUT2D eigenvalue weighted by Crippen LogP contribution is 2.26. The minimum absolute atomic E-state index is 0.824. The fourth-order valence-electron chi connectivity index (χ4n) is 3.10. The largest absolute Gasteiger partial charge is 0.305 e. The van der Waals surface area contributed by atoms with Gasteiger partial charge in [-0.05, 0) is 64.1 Å². The molecule has 0 aromatic carbocycles. The summed E-state index contributed by atoms with van der Waals surface area (Å²) < 4.78 is 0. The molecular formula is C17H36N2. The molecule has 19 heavy (non-hydrogen) atoms. The van der Waals surface area contributed by atoms with E-state index < -0.39 is 0 Å². The highest BCUT2D eigenvalue weighted by atomic mass is 15.2. The quantitative estimate of drug-likeness (QED) is 0.659. The van der Waals surface area contributed by atoms with Gasteiger partial charge in [0.05, 0.1) is 0 Å². The van der Waals surface area contributed by atoms with Crippen LogP contribution in [-0.4, -0.2) is 49.1 Å². The number of likely N-dealkylation sites (N-methyl/N-ethyl adjacent to an activating group) is 2. The van der Waals surface area contributed by atoms with Gasteiger partial charge in [0, 0.05) is 19.1 Å². The van der Waals surface area contributed by atoms with Crippen molar-refractivity contribution in [3.05, 3.63) is 0 Å². The fourth-order valence-corrected chi connectivity index (χ4v) is 3.10. The molecule has 0 heterocycles. The summed E-state index contributed by atoms with van der Waals surface area (Å²) >= 11 is 0. The average molecular weight is 268 g/mol. The second-order valence-electron chi connectivity index (χ2n) is 7.03. The third kappa shape index (κ3) is 6.76. The van der Waals surface area contributed by atoms with E-state index >= 15 is 0 Å². The second kappa shape index (κ2) is 8.97. The molecule has 0 N–H and O–H groups in total. The van der Waals surface area contributed by atoms with Gasteiger partial charge in [-0.15, -0.1) is 0 Å². The first-order valence-electron chi connectivity index (χ1n) is 8.45. The molecule has 1 saturated carbocycles. The Labute approximate surface area is 121 Å². The maximum Gasteiger partial charge on any atom is 0.0112 e. The van der Waals surface area contributed by atoms with E-state index in [1.807, 2.05) is 0 Å². The van der Waals surface area contributed by atoms with Crippen LogP contribution in [0.4, 0.5) is 0 Å². The van der Waals surface area contributed by atoms with Gasteiger partial charge in [-0.2, -0.15) is 0 Å². The van der Waals surface area contributed by atoms with Gasteiger partial charge in [0.15, 0.2) is 0 Å². The molecule has 114 valence electrons. The fraction of sp³-hybridized carbons (Fsp3) is 1.00. The smallest absolute Gasteiger partial charge is 0.0112 e. The summed E-state index contributed by atoms with van der Waals surface area (Å²) in [7, 11) is 2.28. The van der Waals surface area contributed by atoms with Crippen molar-refractivity contribution in [2.75, 3.05) is 33.2 Å². The maximum atomic E-state index is 2.72. The van der Waals surface area contributed by atoms with Crippen molar-refractivity contribution in [1.29, 1.82) is 0 Å². The molecule has 0 bridgehead atoms. The van der Waals surface area contributed by atoms with Crippen LogP contribution < -0.4 is 0 Å². The molecule has 2 heteroatoms. The molecule has 1 rings (SSSR count). The minimum atomic E-state index is 0.824. The Kier molecular flexibility index (Phi) is 8.01. The van der Waals surface area contributed by atoms with E-state index in [0.717, 1.165) is 17.9 Å². The molecule has 2 nitrogen and oxygen atoms in total. The van der Waals surface area contributed by atoms with Gasteiger partial charge in [0.1, 0.15) is 0 Å². The lowest BCUT2D eigenvalue weighted by molar-refractivity contribution is 0.131. The molecule has 0 amide bonds. The van der Waals surface area contributed by atoms with Crippen molar-refractivity contribution in [2.45, 2.75) is 65.8 Å². The Morgan fingerprint density at radius 1 is 1.00 bits per heavy atom. The molecule has 0 saturated heterocycles. The Hall–Kier alpha value is -0.0800. The summed E-state index contributed by atoms with van der Waals surface area (Å²) in [6.07, 6.45) is 7.04. The van der Waals surface area contributed by atoms with Crippen molar-refractivity contribution in [1.82, 2.24) is 9.80 Å². The van der Waals surface area contributed by atoms with Gasteiger partial charge >= 0.3 is 0 Å². The Bertz CT molecular complexity index is 219. The van der Waals surface area contributed by atoms with E-state index in [9.17, 15) is 0 Å². The number of nitrogens with zero attached hydrogens (tertiary/aromatic N) is 2. The van der Waals surface area contributed by atoms with E-state index in [0.29, 0.717) is 0 Å². The van der Waals surface area contributed by atoms with Crippen LogP contribution in [0.2, 0.25) is 0 Å². The van der Waals surface area contributed by atoms with Gasteiger partial charge in [0.2, 0.25) is 0 Å². The zero-order valence-electron chi connectivity index (χ0n) is 14.0. The van der Waals surface area contributed by atoms with Crippen molar-refractivity contribution >= 4 is 0 Å². The Morgan fingerprint density at radius 2 is 1.63 bits per heavy atom. The SMILES string of the molecule is CCN(CCN(C)CCC(C)C)C1CCC(C)CC1. The summed E-state index contributed by atoms with van der Waals surface area (Å²) in [5.41, 5.74) is 0. The van der Waals surface area contributed by atoms with Crippen LogP contribution >= 0.6 is 0 Å². The van der Waals surface area contributed by atoms with Crippen LogP contribution in [0.5, 0.6) is 0 Å². The lowest BCUT2D eigenvalue weighted by atomic mass is 9.86. The van der Waals surface area contributed by atoms with Crippen molar-refractivity contribution in [3.8, 4) is 0 Å². The van der Waals surface area contributed by atoms with Gasteiger partial charge in [-0.1, -0.05) is 27.7 Å². The molecular weight excluding hydrogens is 232 g/mol. The molecule has 0 aliphatic heterocycles. The van der Waals surface area contributed by atoms with E-state index in [2.05, 4.69) is 44.5 Å². The normalized spacial score (nSPS) is 24.6. The summed E-state index contributed by atoms with van der Waals surface area (Å²) in [6, 6.07) is 0.861. The van der Waals surface area contributed by atoms with Crippen molar-refractivity contribution < 1.29 is 0 Å². The molecule has 0 aromatic rings. The zero-order chi connectivity index (χ0) is 14.3. The third-order valence-corrected chi connectivity index (χ3v) is 4.77. The molecule has 0 aromatic heterocycles. The van der Waals surface area contributed by atoms with Crippen LogP contribution in [0.15, 0.2) is 0 Å². The third-order valence-electron chi connectivity index (χ3n) is 4.77. The predicted octanol–water partition coefficient (Wildman–Crippen LogP) is 3.86. The molecule has 0 spiro atoms. The first-order chi connectivity index (χ1) is 9.02. The van der Waals surface area contributed by atoms with E-state index in [1.165, 1.54) is 58.3 Å². The first kappa shape index (κ1) is 17.0. The lowest BCUT2D eigenvalue weighted by Crippen LogP contribution is -2.42. The van der Waals surface area contributed by atoms with Crippen molar-refractivity contribution in [3.63, 3.8) is 0 Å². The van der Waals surface area contributed by atoms with Gasteiger partial charge in [-0.3, -0.25) is 4.90 Å². The van der Waals surface area contributed by atoms with Crippen LogP contribution in [0.1, 0.15) is 59.8 Å². The summed E-state index contributed by atoms with van der Waals surface area (Å²) in [4.78, 5) is 5.23. The average Bonchev–Trinajstić information content (AvgIpc) is 2.39. The lowest BCUT2D eigenvalue weighted by Gasteiger charge is -2.36. The van der Waals surface area contributed by atoms with Gasteiger partial charge < -0.3 is 4.90 Å². The standard InChI is InChI=1S/C17H36N2/c1-6-19(17-9-7-16(4)8-10-17)14-13-18(5)12-11-15(2)3/h15-17H,6-14H2,1-5H3. The van der Waals surface area contributed by atoms with Crippen LogP contribution in [-0.2, 0) is 0 Å².